The molecular formula is C18H22F4N4O2. The van der Waals surface area contributed by atoms with Crippen LogP contribution < -0.4 is 11.1 Å². The maximum atomic E-state index is 14.7. The van der Waals surface area contributed by atoms with Crippen molar-refractivity contribution in [1.82, 2.24) is 4.90 Å². The van der Waals surface area contributed by atoms with Crippen molar-refractivity contribution in [1.29, 1.82) is 0 Å². The molecule has 0 spiro atoms. The molecule has 2 amide bonds. The van der Waals surface area contributed by atoms with Crippen molar-refractivity contribution in [2.75, 3.05) is 12.4 Å². The second-order valence-electron chi connectivity index (χ2n) is 7.48. The summed E-state index contributed by atoms with van der Waals surface area (Å²) in [5.41, 5.74) is 3.02. The highest BCUT2D eigenvalue weighted by Gasteiger charge is 2.54. The highest BCUT2D eigenvalue weighted by atomic mass is 19.4. The standard InChI is InChI=1S/C18H22F4N4O2/c1-9(18(20,21)22)13(27)24-10-6-7-12(19)11(8-10)17(4)16(2,3)14(28)26(5)15(23)25-17/h6-9H,1-5H3,(H2,23,25)(H,24,27)/t9?,17-/m1/s1. The molecule has 0 fully saturated rings. The molecular weight excluding hydrogens is 380 g/mol. The second kappa shape index (κ2) is 6.75. The van der Waals surface area contributed by atoms with Crippen LogP contribution in [0.1, 0.15) is 33.3 Å². The summed E-state index contributed by atoms with van der Waals surface area (Å²) in [6.07, 6.45) is -4.71. The predicted octanol–water partition coefficient (Wildman–Crippen LogP) is 2.99. The lowest BCUT2D eigenvalue weighted by Crippen LogP contribution is -2.58. The lowest BCUT2D eigenvalue weighted by Gasteiger charge is -2.46. The summed E-state index contributed by atoms with van der Waals surface area (Å²) in [5.74, 6) is -4.77. The molecule has 0 aromatic heterocycles. The van der Waals surface area contributed by atoms with E-state index in [1.54, 1.807) is 13.8 Å². The third-order valence-electron chi connectivity index (χ3n) is 5.38. The van der Waals surface area contributed by atoms with Crippen LogP contribution in [0.15, 0.2) is 23.2 Å². The molecule has 1 aliphatic heterocycles. The first kappa shape index (κ1) is 21.6. The number of nitrogens with zero attached hydrogens (tertiary/aromatic N) is 2. The molecule has 154 valence electrons. The van der Waals surface area contributed by atoms with Gasteiger partial charge < -0.3 is 11.1 Å². The van der Waals surface area contributed by atoms with Gasteiger partial charge in [-0.3, -0.25) is 14.5 Å². The molecule has 6 nitrogen and oxygen atoms in total. The van der Waals surface area contributed by atoms with Crippen LogP contribution in [-0.4, -0.2) is 35.9 Å². The number of aliphatic imine (C=N–C) groups is 1. The highest BCUT2D eigenvalue weighted by Crippen LogP contribution is 2.47. The van der Waals surface area contributed by atoms with Crippen LogP contribution in [0.5, 0.6) is 0 Å². The number of guanidine groups is 1. The van der Waals surface area contributed by atoms with Crippen LogP contribution in [0, 0.1) is 17.2 Å². The molecule has 0 radical (unpaired) electrons. The van der Waals surface area contributed by atoms with E-state index < -0.39 is 40.7 Å². The van der Waals surface area contributed by atoms with E-state index in [0.29, 0.717) is 0 Å². The average molecular weight is 402 g/mol. The Morgan fingerprint density at radius 3 is 2.39 bits per heavy atom. The van der Waals surface area contributed by atoms with Crippen molar-refractivity contribution in [3.05, 3.63) is 29.6 Å². The molecule has 28 heavy (non-hydrogen) atoms. The Bertz CT molecular complexity index is 850. The van der Waals surface area contributed by atoms with Crippen LogP contribution in [0.2, 0.25) is 0 Å². The second-order valence-corrected chi connectivity index (χ2v) is 7.48. The molecule has 1 aromatic carbocycles. The summed E-state index contributed by atoms with van der Waals surface area (Å²) >= 11 is 0. The van der Waals surface area contributed by atoms with Crippen molar-refractivity contribution in [2.45, 2.75) is 39.4 Å². The smallest absolute Gasteiger partial charge is 0.369 e. The number of nitrogens with one attached hydrogen (secondary N) is 1. The zero-order valence-corrected chi connectivity index (χ0v) is 16.1. The van der Waals surface area contributed by atoms with Gasteiger partial charge in [0.2, 0.25) is 11.8 Å². The number of carbonyl (C=O) groups excluding carboxylic acids is 2. The van der Waals surface area contributed by atoms with Crippen LogP contribution in [0.3, 0.4) is 0 Å². The number of carbonyl (C=O) groups is 2. The van der Waals surface area contributed by atoms with E-state index in [1.165, 1.54) is 20.0 Å². The molecule has 1 heterocycles. The third-order valence-corrected chi connectivity index (χ3v) is 5.38. The van der Waals surface area contributed by atoms with Crippen molar-refractivity contribution in [3.63, 3.8) is 0 Å². The van der Waals surface area contributed by atoms with Gasteiger partial charge in [-0.05, 0) is 45.9 Å². The van der Waals surface area contributed by atoms with Gasteiger partial charge in [-0.1, -0.05) is 0 Å². The summed E-state index contributed by atoms with van der Waals surface area (Å²) in [4.78, 5) is 30.0. The SMILES string of the molecule is CC(C(=O)Nc1ccc(F)c([C@@]2(C)N=C(N)N(C)C(=O)C2(C)C)c1)C(F)(F)F. The van der Waals surface area contributed by atoms with Gasteiger partial charge in [-0.25, -0.2) is 9.38 Å². The van der Waals surface area contributed by atoms with E-state index in [0.717, 1.165) is 24.0 Å². The number of benzene rings is 1. The van der Waals surface area contributed by atoms with E-state index >= 15 is 0 Å². The van der Waals surface area contributed by atoms with Crippen molar-refractivity contribution < 1.29 is 27.2 Å². The van der Waals surface area contributed by atoms with Crippen LogP contribution in [0.25, 0.3) is 0 Å². The third kappa shape index (κ3) is 3.43. The fourth-order valence-corrected chi connectivity index (χ4v) is 2.95. The number of amides is 2. The summed E-state index contributed by atoms with van der Waals surface area (Å²) in [7, 11) is 1.44. The molecule has 2 atom stereocenters. The summed E-state index contributed by atoms with van der Waals surface area (Å²) < 4.78 is 52.8. The first-order chi connectivity index (χ1) is 12.6. The number of anilines is 1. The number of alkyl halides is 3. The first-order valence-electron chi connectivity index (χ1n) is 8.44. The highest BCUT2D eigenvalue weighted by molar-refractivity contribution is 6.01. The Morgan fingerprint density at radius 1 is 1.29 bits per heavy atom. The molecule has 1 aliphatic rings. The number of halogens is 4. The summed E-state index contributed by atoms with van der Waals surface area (Å²) in [5, 5.41) is 2.13. The lowest BCUT2D eigenvalue weighted by atomic mass is 9.67. The van der Waals surface area contributed by atoms with Gasteiger partial charge in [-0.15, -0.1) is 0 Å². The monoisotopic (exact) mass is 402 g/mol. The Balaban J connectivity index is 2.51. The molecule has 0 saturated heterocycles. The molecule has 0 bridgehead atoms. The Kier molecular flexibility index (Phi) is 5.22. The van der Waals surface area contributed by atoms with Crippen molar-refractivity contribution in [3.8, 4) is 0 Å². The molecule has 0 aliphatic carbocycles. The van der Waals surface area contributed by atoms with Crippen LogP contribution in [-0.2, 0) is 15.1 Å². The molecule has 10 heteroatoms. The normalized spacial score (nSPS) is 23.2. The Morgan fingerprint density at radius 2 is 1.86 bits per heavy atom. The lowest BCUT2D eigenvalue weighted by molar-refractivity contribution is -0.175. The summed E-state index contributed by atoms with van der Waals surface area (Å²) in [6, 6.07) is 3.31. The number of nitrogens with two attached hydrogens (primary N) is 1. The van der Waals surface area contributed by atoms with Gasteiger partial charge in [0, 0.05) is 18.3 Å². The van der Waals surface area contributed by atoms with E-state index in [9.17, 15) is 27.2 Å². The Hall–Kier alpha value is -2.65. The first-order valence-corrected chi connectivity index (χ1v) is 8.44. The van der Waals surface area contributed by atoms with Gasteiger partial charge in [0.25, 0.3) is 0 Å². The van der Waals surface area contributed by atoms with Crippen molar-refractivity contribution >= 4 is 23.5 Å². The number of rotatable bonds is 3. The minimum absolute atomic E-state index is 0.0466. The molecule has 2 rings (SSSR count). The minimum atomic E-state index is -4.71. The zero-order chi connectivity index (χ0) is 21.7. The molecule has 1 aromatic rings. The van der Waals surface area contributed by atoms with Crippen molar-refractivity contribution in [2.24, 2.45) is 22.1 Å². The molecule has 3 N–H and O–H groups in total. The maximum Gasteiger partial charge on any atom is 0.400 e. The number of hydrogen-bond acceptors (Lipinski definition) is 4. The predicted molar refractivity (Wildman–Crippen MR) is 95.8 cm³/mol. The largest absolute Gasteiger partial charge is 0.400 e. The van der Waals surface area contributed by atoms with Gasteiger partial charge in [-0.2, -0.15) is 13.2 Å². The fourth-order valence-electron chi connectivity index (χ4n) is 2.95. The van der Waals surface area contributed by atoms with Gasteiger partial charge >= 0.3 is 6.18 Å². The topological polar surface area (TPSA) is 87.8 Å². The minimum Gasteiger partial charge on any atom is -0.369 e. The van der Waals surface area contributed by atoms with Crippen LogP contribution in [0.4, 0.5) is 23.2 Å². The van der Waals surface area contributed by atoms with Gasteiger partial charge in [0.1, 0.15) is 17.3 Å². The van der Waals surface area contributed by atoms with E-state index in [2.05, 4.69) is 10.3 Å². The maximum absolute atomic E-state index is 14.7. The summed E-state index contributed by atoms with van der Waals surface area (Å²) in [6.45, 7) is 5.37. The van der Waals surface area contributed by atoms with Gasteiger partial charge in [0.05, 0.1) is 5.41 Å². The van der Waals surface area contributed by atoms with E-state index in [1.807, 2.05) is 0 Å². The molecule has 1 unspecified atom stereocenters. The zero-order valence-electron chi connectivity index (χ0n) is 16.1. The fraction of sp³-hybridized carbons (Fsp3) is 0.500. The average Bonchev–Trinajstić information content (AvgIpc) is 2.58. The Labute approximate surface area is 159 Å². The van der Waals surface area contributed by atoms with E-state index in [4.69, 9.17) is 5.73 Å². The quantitative estimate of drug-likeness (QED) is 0.762. The molecule has 0 saturated carbocycles. The van der Waals surface area contributed by atoms with Gasteiger partial charge in [0.15, 0.2) is 5.96 Å². The number of hydrogen-bond donors (Lipinski definition) is 2. The van der Waals surface area contributed by atoms with Crippen LogP contribution >= 0.6 is 0 Å². The van der Waals surface area contributed by atoms with E-state index in [-0.39, 0.29) is 17.2 Å².